The number of carboxylic acid groups (broad SMARTS) is 1. The summed E-state index contributed by atoms with van der Waals surface area (Å²) in [4.78, 5) is 10.9. The summed E-state index contributed by atoms with van der Waals surface area (Å²) in [7, 11) is 0. The fourth-order valence-corrected chi connectivity index (χ4v) is 1.96. The van der Waals surface area contributed by atoms with Crippen LogP contribution in [0.3, 0.4) is 0 Å². The average Bonchev–Trinajstić information content (AvgIpc) is 2.19. The van der Waals surface area contributed by atoms with Gasteiger partial charge in [0, 0.05) is 6.61 Å². The lowest BCUT2D eigenvalue weighted by atomic mass is 9.86. The number of ether oxygens (including phenoxy) is 1. The van der Waals surface area contributed by atoms with Crippen molar-refractivity contribution in [2.45, 2.75) is 51.6 Å². The summed E-state index contributed by atoms with van der Waals surface area (Å²) in [5, 5.41) is 8.99. The first-order valence-electron chi connectivity index (χ1n) is 5.60. The van der Waals surface area contributed by atoms with E-state index in [0.29, 0.717) is 6.61 Å². The van der Waals surface area contributed by atoms with Crippen LogP contribution in [0.1, 0.15) is 45.4 Å². The van der Waals surface area contributed by atoms with Crippen LogP contribution in [0.4, 0.5) is 0 Å². The number of carbonyl (C=O) groups is 1. The molecule has 3 heteroatoms. The van der Waals surface area contributed by atoms with Crippen LogP contribution >= 0.6 is 0 Å². The van der Waals surface area contributed by atoms with Gasteiger partial charge in [0.15, 0.2) is 0 Å². The molecule has 1 aliphatic carbocycles. The van der Waals surface area contributed by atoms with Crippen molar-refractivity contribution in [3.05, 3.63) is 0 Å². The van der Waals surface area contributed by atoms with Gasteiger partial charge in [0.25, 0.3) is 0 Å². The molecule has 0 aromatic carbocycles. The first kappa shape index (κ1) is 11.5. The van der Waals surface area contributed by atoms with Gasteiger partial charge in [-0.15, -0.1) is 0 Å². The molecular weight excluding hydrogens is 180 g/mol. The highest BCUT2D eigenvalue weighted by atomic mass is 16.5. The molecular formula is C11H20O3. The zero-order chi connectivity index (χ0) is 10.4. The second-order valence-corrected chi connectivity index (χ2v) is 3.99. The molecule has 0 aromatic rings. The fourth-order valence-electron chi connectivity index (χ4n) is 1.96. The Hall–Kier alpha value is -0.570. The predicted molar refractivity (Wildman–Crippen MR) is 54.2 cm³/mol. The van der Waals surface area contributed by atoms with E-state index in [1.807, 2.05) is 0 Å². The Morgan fingerprint density at radius 3 is 2.79 bits per heavy atom. The Balaban J connectivity index is 2.34. The highest BCUT2D eigenvalue weighted by molar-refractivity contribution is 5.70. The molecule has 0 amide bonds. The van der Waals surface area contributed by atoms with Crippen LogP contribution in [0.25, 0.3) is 0 Å². The van der Waals surface area contributed by atoms with E-state index < -0.39 is 5.97 Å². The summed E-state index contributed by atoms with van der Waals surface area (Å²) in [6.45, 7) is 2.82. The van der Waals surface area contributed by atoms with Gasteiger partial charge in [-0.2, -0.15) is 0 Å². The molecule has 82 valence electrons. The number of carboxylic acids is 1. The van der Waals surface area contributed by atoms with Crippen molar-refractivity contribution in [2.75, 3.05) is 6.61 Å². The molecule has 0 saturated heterocycles. The van der Waals surface area contributed by atoms with E-state index in [1.54, 1.807) is 0 Å². The Kier molecular flexibility index (Phi) is 4.94. The monoisotopic (exact) mass is 200 g/mol. The lowest BCUT2D eigenvalue weighted by Gasteiger charge is -2.28. The van der Waals surface area contributed by atoms with E-state index in [-0.39, 0.29) is 12.0 Å². The van der Waals surface area contributed by atoms with E-state index in [0.717, 1.165) is 38.5 Å². The predicted octanol–water partition coefficient (Wildman–Crippen LogP) is 2.45. The average molecular weight is 200 g/mol. The van der Waals surface area contributed by atoms with E-state index >= 15 is 0 Å². The van der Waals surface area contributed by atoms with Gasteiger partial charge in [-0.25, -0.2) is 0 Å². The van der Waals surface area contributed by atoms with Crippen molar-refractivity contribution >= 4 is 5.97 Å². The van der Waals surface area contributed by atoms with Gasteiger partial charge in [-0.3, -0.25) is 4.79 Å². The number of rotatable bonds is 5. The highest BCUT2D eigenvalue weighted by Gasteiger charge is 2.31. The molecule has 1 N–H and O–H groups in total. The number of unbranched alkanes of at least 4 members (excludes halogenated alkanes) is 1. The maximum Gasteiger partial charge on any atom is 0.309 e. The third kappa shape index (κ3) is 3.29. The van der Waals surface area contributed by atoms with Crippen molar-refractivity contribution in [3.63, 3.8) is 0 Å². The molecule has 0 radical (unpaired) electrons. The van der Waals surface area contributed by atoms with Gasteiger partial charge in [0.2, 0.25) is 0 Å². The first-order chi connectivity index (χ1) is 6.75. The van der Waals surface area contributed by atoms with Crippen molar-refractivity contribution in [1.82, 2.24) is 0 Å². The molecule has 14 heavy (non-hydrogen) atoms. The first-order valence-corrected chi connectivity index (χ1v) is 5.60. The molecule has 1 saturated carbocycles. The topological polar surface area (TPSA) is 46.5 Å². The minimum atomic E-state index is -0.689. The maximum absolute atomic E-state index is 10.9. The quantitative estimate of drug-likeness (QED) is 0.693. The fraction of sp³-hybridized carbons (Fsp3) is 0.909. The lowest BCUT2D eigenvalue weighted by Crippen LogP contribution is -2.33. The van der Waals surface area contributed by atoms with Crippen LogP contribution in [0.2, 0.25) is 0 Å². The molecule has 1 aliphatic rings. The van der Waals surface area contributed by atoms with Crippen LogP contribution in [-0.4, -0.2) is 23.8 Å². The lowest BCUT2D eigenvalue weighted by molar-refractivity contribution is -0.149. The third-order valence-electron chi connectivity index (χ3n) is 2.85. The minimum Gasteiger partial charge on any atom is -0.481 e. The molecule has 0 heterocycles. The Labute approximate surface area is 85.5 Å². The van der Waals surface area contributed by atoms with Gasteiger partial charge in [-0.1, -0.05) is 26.2 Å². The normalized spacial score (nSPS) is 27.5. The van der Waals surface area contributed by atoms with E-state index in [2.05, 4.69) is 6.92 Å². The summed E-state index contributed by atoms with van der Waals surface area (Å²) in [6.07, 6.45) is 5.94. The molecule has 0 spiro atoms. The number of hydrogen-bond donors (Lipinski definition) is 1. The zero-order valence-electron chi connectivity index (χ0n) is 8.87. The van der Waals surface area contributed by atoms with Crippen LogP contribution < -0.4 is 0 Å². The van der Waals surface area contributed by atoms with Crippen LogP contribution in [-0.2, 0) is 9.53 Å². The van der Waals surface area contributed by atoms with Gasteiger partial charge in [-0.05, 0) is 19.3 Å². The van der Waals surface area contributed by atoms with Crippen molar-refractivity contribution in [1.29, 1.82) is 0 Å². The van der Waals surface area contributed by atoms with Gasteiger partial charge < -0.3 is 9.84 Å². The van der Waals surface area contributed by atoms with Crippen molar-refractivity contribution in [2.24, 2.45) is 5.92 Å². The summed E-state index contributed by atoms with van der Waals surface area (Å²) in [5.41, 5.74) is 0. The molecule has 0 aliphatic heterocycles. The van der Waals surface area contributed by atoms with E-state index in [1.165, 1.54) is 0 Å². The Bertz CT molecular complexity index is 179. The number of aliphatic carboxylic acids is 1. The standard InChI is InChI=1S/C11H20O3/c1-2-3-8-14-10-7-5-4-6-9(10)11(12)13/h9-10H,2-8H2,1H3,(H,12,13)/t9-,10+/m1/s1. The highest BCUT2D eigenvalue weighted by Crippen LogP contribution is 2.27. The SMILES string of the molecule is CCCCO[C@H]1CCCC[C@H]1C(=O)O. The van der Waals surface area contributed by atoms with Gasteiger partial charge in [0.1, 0.15) is 0 Å². The second kappa shape index (κ2) is 6.02. The summed E-state index contributed by atoms with van der Waals surface area (Å²) in [5.74, 6) is -0.952. The van der Waals surface area contributed by atoms with Crippen molar-refractivity contribution in [3.8, 4) is 0 Å². The Morgan fingerprint density at radius 1 is 1.43 bits per heavy atom. The molecule has 1 fully saturated rings. The van der Waals surface area contributed by atoms with Crippen LogP contribution in [0.5, 0.6) is 0 Å². The van der Waals surface area contributed by atoms with E-state index in [9.17, 15) is 4.79 Å². The van der Waals surface area contributed by atoms with Crippen molar-refractivity contribution < 1.29 is 14.6 Å². The maximum atomic E-state index is 10.9. The zero-order valence-corrected chi connectivity index (χ0v) is 8.87. The van der Waals surface area contributed by atoms with Gasteiger partial charge in [0.05, 0.1) is 12.0 Å². The molecule has 0 bridgehead atoms. The molecule has 2 atom stereocenters. The molecule has 0 unspecified atom stereocenters. The molecule has 1 rings (SSSR count). The molecule has 3 nitrogen and oxygen atoms in total. The second-order valence-electron chi connectivity index (χ2n) is 3.99. The summed E-state index contributed by atoms with van der Waals surface area (Å²) < 4.78 is 5.62. The molecule has 0 aromatic heterocycles. The minimum absolute atomic E-state index is 0.0344. The summed E-state index contributed by atoms with van der Waals surface area (Å²) in [6, 6.07) is 0. The third-order valence-corrected chi connectivity index (χ3v) is 2.85. The smallest absolute Gasteiger partial charge is 0.309 e. The van der Waals surface area contributed by atoms with E-state index in [4.69, 9.17) is 9.84 Å². The number of hydrogen-bond acceptors (Lipinski definition) is 2. The Morgan fingerprint density at radius 2 is 2.14 bits per heavy atom. The largest absolute Gasteiger partial charge is 0.481 e. The summed E-state index contributed by atoms with van der Waals surface area (Å²) >= 11 is 0. The van der Waals surface area contributed by atoms with Gasteiger partial charge >= 0.3 is 5.97 Å². The van der Waals surface area contributed by atoms with Crippen LogP contribution in [0.15, 0.2) is 0 Å². The van der Waals surface area contributed by atoms with Crippen LogP contribution in [0, 0.1) is 5.92 Å².